The van der Waals surface area contributed by atoms with Crippen molar-refractivity contribution in [3.05, 3.63) is 12.2 Å². The van der Waals surface area contributed by atoms with Gasteiger partial charge in [-0.2, -0.15) is 0 Å². The highest BCUT2D eigenvalue weighted by Crippen LogP contribution is 2.04. The first-order valence-electron chi connectivity index (χ1n) is 3.13. The van der Waals surface area contributed by atoms with Crippen molar-refractivity contribution in [2.75, 3.05) is 11.9 Å². The molecule has 68 valence electrons. The highest BCUT2D eigenvalue weighted by molar-refractivity contribution is 9.12. The van der Waals surface area contributed by atoms with E-state index in [-0.39, 0.29) is 10.4 Å². The monoisotopic (exact) mass is 314 g/mol. The molecule has 0 aliphatic rings. The van der Waals surface area contributed by atoms with Crippen molar-refractivity contribution in [1.82, 2.24) is 0 Å². The maximum absolute atomic E-state index is 10.9. The van der Waals surface area contributed by atoms with Crippen LogP contribution in [0.2, 0.25) is 0 Å². The van der Waals surface area contributed by atoms with Crippen molar-refractivity contribution >= 4 is 55.4 Å². The maximum atomic E-state index is 10.9. The smallest absolute Gasteiger partial charge is 0.338 e. The van der Waals surface area contributed by atoms with E-state index in [1.165, 1.54) is 5.37 Å². The number of hydrogen-bond acceptors (Lipinski definition) is 3. The number of esters is 1. The first-order valence-corrected chi connectivity index (χ1v) is 5.64. The van der Waals surface area contributed by atoms with Crippen LogP contribution in [-0.4, -0.2) is 28.1 Å². The Morgan fingerprint density at radius 3 is 2.75 bits per heavy atom. The summed E-state index contributed by atoms with van der Waals surface area (Å²) in [7, 11) is 0. The summed E-state index contributed by atoms with van der Waals surface area (Å²) in [6.07, 6.45) is 0. The van der Waals surface area contributed by atoms with Crippen LogP contribution in [0.25, 0.3) is 0 Å². The summed E-state index contributed by atoms with van der Waals surface area (Å²) in [5.41, 5.74) is 0.208. The first-order chi connectivity index (χ1) is 5.61. The number of halogens is 2. The van der Waals surface area contributed by atoms with Crippen LogP contribution in [0, 0.1) is 0 Å². The minimum atomic E-state index is -0.463. The Morgan fingerprint density at radius 1 is 1.75 bits per heavy atom. The fraction of sp³-hybridized carbons (Fsp3) is 0.429. The van der Waals surface area contributed by atoms with Gasteiger partial charge in [-0.15, -0.1) is 0 Å². The third-order valence-electron chi connectivity index (χ3n) is 0.967. The Balaban J connectivity index is 3.71. The summed E-state index contributed by atoms with van der Waals surface area (Å²) < 4.78 is 4.83. The van der Waals surface area contributed by atoms with Gasteiger partial charge in [-0.05, 0) is 0 Å². The van der Waals surface area contributed by atoms with E-state index < -0.39 is 5.97 Å². The van der Waals surface area contributed by atoms with Crippen molar-refractivity contribution in [3.8, 4) is 0 Å². The zero-order chi connectivity index (χ0) is 9.56. The van der Waals surface area contributed by atoms with Gasteiger partial charge in [0.2, 0.25) is 0 Å². The number of alkyl halides is 2. The predicted octanol–water partition coefficient (Wildman–Crippen LogP) is 2.24. The molecule has 0 amide bonds. The van der Waals surface area contributed by atoms with Gasteiger partial charge < -0.3 is 4.74 Å². The molecule has 0 saturated carbocycles. The second-order valence-electron chi connectivity index (χ2n) is 1.99. The number of carbonyl (C=O) groups is 1. The number of carbonyl (C=O) groups excluding carboxylic acids is 1. The van der Waals surface area contributed by atoms with Gasteiger partial charge in [0.15, 0.2) is 0 Å². The second kappa shape index (κ2) is 6.74. The van der Waals surface area contributed by atoms with Crippen molar-refractivity contribution < 1.29 is 9.53 Å². The summed E-state index contributed by atoms with van der Waals surface area (Å²) in [4.78, 5) is 11.1. The van der Waals surface area contributed by atoms with Crippen molar-refractivity contribution in [2.24, 2.45) is 0 Å². The molecule has 2 nitrogen and oxygen atoms in total. The minimum absolute atomic E-state index is 0.124. The number of rotatable bonds is 5. The van der Waals surface area contributed by atoms with E-state index in [0.717, 1.165) is 5.33 Å². The molecule has 0 aliphatic carbocycles. The molecule has 0 fully saturated rings. The lowest BCUT2D eigenvalue weighted by molar-refractivity contribution is -0.138. The van der Waals surface area contributed by atoms with Gasteiger partial charge >= 0.3 is 5.97 Å². The molecule has 1 atom stereocenters. The highest BCUT2D eigenvalue weighted by Gasteiger charge is 2.08. The van der Waals surface area contributed by atoms with Gasteiger partial charge in [0, 0.05) is 10.7 Å². The zero-order valence-corrected chi connectivity index (χ0v) is 10.2. The fourth-order valence-electron chi connectivity index (χ4n) is 0.351. The third-order valence-corrected chi connectivity index (χ3v) is 3.49. The van der Waals surface area contributed by atoms with Gasteiger partial charge in [-0.3, -0.25) is 0 Å². The average Bonchev–Trinajstić information content (AvgIpc) is 2.11. The van der Waals surface area contributed by atoms with Gasteiger partial charge in [0.05, 0.1) is 10.4 Å². The topological polar surface area (TPSA) is 26.3 Å². The van der Waals surface area contributed by atoms with E-state index in [0.29, 0.717) is 6.61 Å². The molecule has 12 heavy (non-hydrogen) atoms. The number of hydrogen-bond donors (Lipinski definition) is 0. The molecule has 0 rings (SSSR count). The molecule has 0 aromatic rings. The summed E-state index contributed by atoms with van der Waals surface area (Å²) in [6, 6.07) is 0. The van der Waals surface area contributed by atoms with Crippen LogP contribution in [0.1, 0.15) is 0 Å². The summed E-state index contributed by atoms with van der Waals surface area (Å²) in [5, 5.41) is 1.93. The Bertz CT molecular complexity index is 194. The molecule has 0 heterocycles. The van der Waals surface area contributed by atoms with E-state index in [2.05, 4.69) is 50.7 Å². The van der Waals surface area contributed by atoms with E-state index in [4.69, 9.17) is 4.74 Å². The van der Waals surface area contributed by atoms with Crippen LogP contribution in [0.15, 0.2) is 12.2 Å². The molecular formula is C7H8Br2O2S. The predicted molar refractivity (Wildman–Crippen MR) is 60.3 cm³/mol. The van der Waals surface area contributed by atoms with Crippen LogP contribution in [0.5, 0.6) is 0 Å². The van der Waals surface area contributed by atoms with E-state index in [1.54, 1.807) is 0 Å². The molecular weight excluding hydrogens is 308 g/mol. The number of thiocarbonyl (C=S) groups is 1. The second-order valence-corrected chi connectivity index (χ2v) is 4.17. The van der Waals surface area contributed by atoms with Gasteiger partial charge in [0.25, 0.3) is 0 Å². The highest BCUT2D eigenvalue weighted by atomic mass is 79.9. The van der Waals surface area contributed by atoms with Crippen molar-refractivity contribution in [1.29, 1.82) is 0 Å². The molecule has 0 aromatic carbocycles. The van der Waals surface area contributed by atoms with Crippen molar-refractivity contribution in [2.45, 2.75) is 4.83 Å². The van der Waals surface area contributed by atoms with E-state index in [9.17, 15) is 4.79 Å². The Hall–Kier alpha value is 0.260. The van der Waals surface area contributed by atoms with Crippen LogP contribution in [-0.2, 0) is 9.53 Å². The van der Waals surface area contributed by atoms with Crippen LogP contribution >= 0.6 is 44.1 Å². The fourth-order valence-corrected chi connectivity index (χ4v) is 0.767. The largest absolute Gasteiger partial charge is 0.461 e. The maximum Gasteiger partial charge on any atom is 0.338 e. The molecule has 0 radical (unpaired) electrons. The van der Waals surface area contributed by atoms with Crippen LogP contribution in [0.4, 0.5) is 0 Å². The molecule has 0 aliphatic heterocycles. The molecule has 0 N–H and O–H groups in total. The molecule has 5 heteroatoms. The quantitative estimate of drug-likeness (QED) is 0.337. The third kappa shape index (κ3) is 5.00. The van der Waals surface area contributed by atoms with Crippen LogP contribution in [0.3, 0.4) is 0 Å². The Kier molecular flexibility index (Phi) is 6.89. The minimum Gasteiger partial charge on any atom is -0.461 e. The molecule has 0 aromatic heterocycles. The van der Waals surface area contributed by atoms with Crippen LogP contribution < -0.4 is 0 Å². The molecule has 0 saturated heterocycles. The Morgan fingerprint density at radius 2 is 2.33 bits per heavy atom. The average molecular weight is 316 g/mol. The van der Waals surface area contributed by atoms with Gasteiger partial charge in [-0.1, -0.05) is 50.7 Å². The summed E-state index contributed by atoms with van der Waals surface area (Å²) >= 11 is 11.0. The normalized spacial score (nSPS) is 11.8. The lowest BCUT2D eigenvalue weighted by Gasteiger charge is -2.06. The number of ether oxygens (including phenoxy) is 1. The van der Waals surface area contributed by atoms with E-state index >= 15 is 0 Å². The first kappa shape index (κ1) is 12.3. The summed E-state index contributed by atoms with van der Waals surface area (Å²) in [6.45, 7) is 3.73. The Labute approximate surface area is 93.6 Å². The standard InChI is InChI=1S/C7H8Br2O2S/c1-5(4-12)7(10)11-3-6(9)2-8/h4,6H,1-3H2. The molecule has 1 unspecified atom stereocenters. The zero-order valence-electron chi connectivity index (χ0n) is 6.26. The van der Waals surface area contributed by atoms with Gasteiger partial charge in [0.1, 0.15) is 6.61 Å². The van der Waals surface area contributed by atoms with Crippen molar-refractivity contribution in [3.63, 3.8) is 0 Å². The summed E-state index contributed by atoms with van der Waals surface area (Å²) in [5.74, 6) is -0.463. The van der Waals surface area contributed by atoms with Gasteiger partial charge in [-0.25, -0.2) is 4.79 Å². The van der Waals surface area contributed by atoms with E-state index in [1.807, 2.05) is 0 Å². The molecule has 0 spiro atoms. The molecule has 0 bridgehead atoms. The lowest BCUT2D eigenvalue weighted by Crippen LogP contribution is -2.15. The lowest BCUT2D eigenvalue weighted by atomic mass is 10.4. The SMILES string of the molecule is C=C(C=S)C(=O)OCC(Br)CBr.